The van der Waals surface area contributed by atoms with E-state index in [-0.39, 0.29) is 13.0 Å². The normalized spacial score (nSPS) is 16.7. The second kappa shape index (κ2) is 8.84. The van der Waals surface area contributed by atoms with Crippen molar-refractivity contribution in [2.45, 2.75) is 12.8 Å². The highest BCUT2D eigenvalue weighted by atomic mass is 16.5. The molecule has 0 bridgehead atoms. The number of amides is 1. The number of primary amides is 1. The monoisotopic (exact) mass is 273 g/mol. The van der Waals surface area contributed by atoms with Gasteiger partial charge in [0.2, 0.25) is 5.91 Å². The Morgan fingerprint density at radius 1 is 1.26 bits per heavy atom. The molecule has 0 radical (unpaired) electrons. The molecule has 0 atom stereocenters. The Labute approximate surface area is 113 Å². The van der Waals surface area contributed by atoms with Crippen molar-refractivity contribution in [3.63, 3.8) is 0 Å². The molecule has 0 unspecified atom stereocenters. The van der Waals surface area contributed by atoms with E-state index in [1.807, 2.05) is 0 Å². The fraction of sp³-hybridized carbons (Fsp3) is 0.833. The average molecular weight is 273 g/mol. The number of ether oxygens (including phenoxy) is 1. The van der Waals surface area contributed by atoms with Gasteiger partial charge in [-0.3, -0.25) is 19.4 Å². The van der Waals surface area contributed by atoms with Gasteiger partial charge >= 0.3 is 5.97 Å². The first-order chi connectivity index (χ1) is 9.08. The Morgan fingerprint density at radius 3 is 2.53 bits per heavy atom. The smallest absolute Gasteiger partial charge is 0.304 e. The summed E-state index contributed by atoms with van der Waals surface area (Å²) in [6, 6.07) is 0. The van der Waals surface area contributed by atoms with Crippen LogP contribution in [0.5, 0.6) is 0 Å². The molecule has 1 fully saturated rings. The van der Waals surface area contributed by atoms with Gasteiger partial charge in [0, 0.05) is 19.6 Å². The third-order valence-corrected chi connectivity index (χ3v) is 3.07. The molecule has 0 spiro atoms. The molecule has 1 saturated heterocycles. The van der Waals surface area contributed by atoms with Crippen LogP contribution in [0, 0.1) is 0 Å². The van der Waals surface area contributed by atoms with E-state index in [0.717, 1.165) is 39.3 Å². The molecule has 19 heavy (non-hydrogen) atoms. The van der Waals surface area contributed by atoms with Gasteiger partial charge < -0.3 is 15.6 Å². The van der Waals surface area contributed by atoms with Crippen molar-refractivity contribution in [1.82, 2.24) is 9.80 Å². The number of carbonyl (C=O) groups is 2. The fourth-order valence-electron chi connectivity index (χ4n) is 2.09. The predicted octanol–water partition coefficient (Wildman–Crippen LogP) is -1.03. The first-order valence-corrected chi connectivity index (χ1v) is 6.60. The summed E-state index contributed by atoms with van der Waals surface area (Å²) >= 11 is 0. The van der Waals surface area contributed by atoms with Crippen LogP contribution in [-0.4, -0.2) is 79.3 Å². The maximum absolute atomic E-state index is 10.9. The molecule has 110 valence electrons. The molecular weight excluding hydrogens is 250 g/mol. The van der Waals surface area contributed by atoms with Crippen LogP contribution in [0.3, 0.4) is 0 Å². The first kappa shape index (κ1) is 15.9. The van der Waals surface area contributed by atoms with Crippen molar-refractivity contribution < 1.29 is 19.4 Å². The molecule has 1 rings (SSSR count). The first-order valence-electron chi connectivity index (χ1n) is 6.60. The largest absolute Gasteiger partial charge is 0.481 e. The maximum atomic E-state index is 10.9. The van der Waals surface area contributed by atoms with Crippen molar-refractivity contribution >= 4 is 11.9 Å². The number of carbonyl (C=O) groups excluding carboxylic acids is 1. The molecule has 7 nitrogen and oxygen atoms in total. The van der Waals surface area contributed by atoms with E-state index >= 15 is 0 Å². The minimum absolute atomic E-state index is 0.0326. The van der Waals surface area contributed by atoms with Gasteiger partial charge in [0.25, 0.3) is 0 Å². The van der Waals surface area contributed by atoms with Gasteiger partial charge in [-0.1, -0.05) is 0 Å². The van der Waals surface area contributed by atoms with Gasteiger partial charge in [-0.25, -0.2) is 0 Å². The molecule has 0 aliphatic carbocycles. The second-order valence-corrected chi connectivity index (χ2v) is 4.69. The zero-order valence-electron chi connectivity index (χ0n) is 11.2. The van der Waals surface area contributed by atoms with Gasteiger partial charge in [0.05, 0.1) is 26.2 Å². The minimum atomic E-state index is -0.859. The summed E-state index contributed by atoms with van der Waals surface area (Å²) in [7, 11) is 0. The Bertz CT molecular complexity index is 293. The lowest BCUT2D eigenvalue weighted by molar-refractivity contribution is -0.137. The lowest BCUT2D eigenvalue weighted by atomic mass is 10.3. The van der Waals surface area contributed by atoms with Gasteiger partial charge in [0.1, 0.15) is 0 Å². The summed E-state index contributed by atoms with van der Waals surface area (Å²) in [5.41, 5.74) is 5.16. The number of nitrogens with zero attached hydrogens (tertiary/aromatic N) is 2. The van der Waals surface area contributed by atoms with E-state index in [2.05, 4.69) is 4.90 Å². The van der Waals surface area contributed by atoms with E-state index in [0.29, 0.717) is 13.1 Å². The van der Waals surface area contributed by atoms with Crippen LogP contribution in [0.25, 0.3) is 0 Å². The standard InChI is InChI=1S/C12H23N3O4/c13-11(16)10-15(5-2-12(17)18)4-1-3-14-6-8-19-9-7-14/h1-10H2,(H2,13,16)(H,17,18). The lowest BCUT2D eigenvalue weighted by Gasteiger charge is -2.27. The lowest BCUT2D eigenvalue weighted by Crippen LogP contribution is -2.40. The van der Waals surface area contributed by atoms with Crippen LogP contribution in [0.2, 0.25) is 0 Å². The van der Waals surface area contributed by atoms with Crippen molar-refractivity contribution in [1.29, 1.82) is 0 Å². The zero-order valence-corrected chi connectivity index (χ0v) is 11.2. The Hall–Kier alpha value is -1.18. The van der Waals surface area contributed by atoms with Crippen LogP contribution in [0.1, 0.15) is 12.8 Å². The third-order valence-electron chi connectivity index (χ3n) is 3.07. The number of hydrogen-bond donors (Lipinski definition) is 2. The number of carboxylic acid groups (broad SMARTS) is 1. The zero-order chi connectivity index (χ0) is 14.1. The molecule has 1 aliphatic heterocycles. The van der Waals surface area contributed by atoms with Gasteiger partial charge in [-0.15, -0.1) is 0 Å². The molecule has 7 heteroatoms. The summed E-state index contributed by atoms with van der Waals surface area (Å²) in [6.45, 7) is 5.51. The molecule has 0 aromatic rings. The minimum Gasteiger partial charge on any atom is -0.481 e. The molecule has 1 heterocycles. The summed E-state index contributed by atoms with van der Waals surface area (Å²) in [6.07, 6.45) is 0.928. The number of nitrogens with two attached hydrogens (primary N) is 1. The van der Waals surface area contributed by atoms with E-state index in [1.165, 1.54) is 0 Å². The predicted molar refractivity (Wildman–Crippen MR) is 69.8 cm³/mol. The number of aliphatic carboxylic acids is 1. The quantitative estimate of drug-likeness (QED) is 0.558. The van der Waals surface area contributed by atoms with Crippen LogP contribution < -0.4 is 5.73 Å². The molecular formula is C12H23N3O4. The van der Waals surface area contributed by atoms with Crippen molar-refractivity contribution in [2.75, 3.05) is 52.5 Å². The van der Waals surface area contributed by atoms with Gasteiger partial charge in [-0.2, -0.15) is 0 Å². The number of rotatable bonds is 9. The molecule has 1 amide bonds. The van der Waals surface area contributed by atoms with E-state index in [1.54, 1.807) is 4.90 Å². The van der Waals surface area contributed by atoms with Crippen LogP contribution in [0.4, 0.5) is 0 Å². The highest BCUT2D eigenvalue weighted by Crippen LogP contribution is 2.00. The highest BCUT2D eigenvalue weighted by Gasteiger charge is 2.13. The molecule has 1 aliphatic rings. The second-order valence-electron chi connectivity index (χ2n) is 4.69. The van der Waals surface area contributed by atoms with Crippen molar-refractivity contribution in [3.8, 4) is 0 Å². The Balaban J connectivity index is 2.22. The summed E-state index contributed by atoms with van der Waals surface area (Å²) < 4.78 is 5.27. The van der Waals surface area contributed by atoms with Crippen LogP contribution >= 0.6 is 0 Å². The van der Waals surface area contributed by atoms with Crippen molar-refractivity contribution in [2.24, 2.45) is 5.73 Å². The SMILES string of the molecule is NC(=O)CN(CCCN1CCOCC1)CCC(=O)O. The summed E-state index contributed by atoms with van der Waals surface area (Å²) in [4.78, 5) is 25.6. The molecule has 0 aromatic heterocycles. The van der Waals surface area contributed by atoms with Gasteiger partial charge in [-0.05, 0) is 19.5 Å². The maximum Gasteiger partial charge on any atom is 0.304 e. The third kappa shape index (κ3) is 7.76. The Morgan fingerprint density at radius 2 is 1.95 bits per heavy atom. The van der Waals surface area contributed by atoms with Crippen LogP contribution in [-0.2, 0) is 14.3 Å². The van der Waals surface area contributed by atoms with E-state index in [9.17, 15) is 9.59 Å². The summed E-state index contributed by atoms with van der Waals surface area (Å²) in [5, 5.41) is 8.66. The van der Waals surface area contributed by atoms with Gasteiger partial charge in [0.15, 0.2) is 0 Å². The number of carboxylic acids is 1. The highest BCUT2D eigenvalue weighted by molar-refractivity contribution is 5.76. The number of morpholine rings is 1. The summed E-state index contributed by atoms with van der Waals surface area (Å²) in [5.74, 6) is -1.28. The van der Waals surface area contributed by atoms with Crippen molar-refractivity contribution in [3.05, 3.63) is 0 Å². The van der Waals surface area contributed by atoms with E-state index in [4.69, 9.17) is 15.6 Å². The fourth-order valence-corrected chi connectivity index (χ4v) is 2.09. The van der Waals surface area contributed by atoms with E-state index < -0.39 is 11.9 Å². The van der Waals surface area contributed by atoms with Crippen LogP contribution in [0.15, 0.2) is 0 Å². The average Bonchev–Trinajstić information content (AvgIpc) is 2.36. The Kier molecular flexibility index (Phi) is 7.39. The molecule has 0 saturated carbocycles. The number of hydrogen-bond acceptors (Lipinski definition) is 5. The molecule has 0 aromatic carbocycles. The molecule has 3 N–H and O–H groups in total. The topological polar surface area (TPSA) is 96.1 Å².